The topological polar surface area (TPSA) is 67.4 Å². The molecular formula is C23H24N4O2. The minimum atomic E-state index is 0.00454. The first kappa shape index (κ1) is 18.9. The van der Waals surface area contributed by atoms with Crippen LogP contribution in [0.15, 0.2) is 66.7 Å². The van der Waals surface area contributed by atoms with Crippen molar-refractivity contribution in [3.05, 3.63) is 72.4 Å². The Morgan fingerprint density at radius 1 is 0.931 bits per heavy atom. The molecule has 1 saturated heterocycles. The van der Waals surface area contributed by atoms with Gasteiger partial charge in [-0.2, -0.15) is 5.10 Å². The quantitative estimate of drug-likeness (QED) is 0.700. The van der Waals surface area contributed by atoms with Crippen LogP contribution in [0.25, 0.3) is 0 Å². The van der Waals surface area contributed by atoms with Gasteiger partial charge in [-0.05, 0) is 68.3 Å². The third-order valence-electron chi connectivity index (χ3n) is 5.07. The Kier molecular flexibility index (Phi) is 5.70. The molecule has 0 atom stereocenters. The first-order chi connectivity index (χ1) is 14.2. The van der Waals surface area contributed by atoms with E-state index in [1.807, 2.05) is 73.7 Å². The number of rotatable bonds is 5. The molecule has 0 unspecified atom stereocenters. The van der Waals surface area contributed by atoms with Gasteiger partial charge in [0.25, 0.3) is 0 Å². The Balaban J connectivity index is 1.29. The molecule has 0 spiro atoms. The molecule has 0 bridgehead atoms. The molecule has 6 nitrogen and oxygen atoms in total. The minimum Gasteiger partial charge on any atom is -0.457 e. The molecule has 29 heavy (non-hydrogen) atoms. The van der Waals surface area contributed by atoms with Gasteiger partial charge in [0.05, 0.1) is 5.69 Å². The van der Waals surface area contributed by atoms with Gasteiger partial charge in [0.1, 0.15) is 11.5 Å². The van der Waals surface area contributed by atoms with Crippen LogP contribution in [-0.2, 0) is 4.79 Å². The second-order valence-electron chi connectivity index (χ2n) is 7.22. The van der Waals surface area contributed by atoms with Crippen molar-refractivity contribution < 1.29 is 9.53 Å². The SMILES string of the molecule is Cc1ccc(N2CCC(C(=O)Nc3ccc(Oc4ccccc4)cc3)CC2)nn1. The summed E-state index contributed by atoms with van der Waals surface area (Å²) in [4.78, 5) is 14.8. The van der Waals surface area contributed by atoms with Crippen LogP contribution in [0.3, 0.4) is 0 Å². The number of carbonyl (C=O) groups excluding carboxylic acids is 1. The number of benzene rings is 2. The lowest BCUT2D eigenvalue weighted by Crippen LogP contribution is -2.38. The zero-order valence-corrected chi connectivity index (χ0v) is 16.4. The zero-order chi connectivity index (χ0) is 20.1. The van der Waals surface area contributed by atoms with E-state index < -0.39 is 0 Å². The molecule has 148 valence electrons. The van der Waals surface area contributed by atoms with Crippen LogP contribution in [0.1, 0.15) is 18.5 Å². The Morgan fingerprint density at radius 3 is 2.28 bits per heavy atom. The van der Waals surface area contributed by atoms with Gasteiger partial charge >= 0.3 is 0 Å². The summed E-state index contributed by atoms with van der Waals surface area (Å²) in [5, 5.41) is 11.4. The standard InChI is InChI=1S/C23H24N4O2/c1-17-7-12-22(26-25-17)27-15-13-18(14-16-27)23(28)24-19-8-10-21(11-9-19)29-20-5-3-2-4-6-20/h2-12,18H,13-16H2,1H3,(H,24,28). The van der Waals surface area contributed by atoms with E-state index in [1.54, 1.807) is 0 Å². The molecule has 0 saturated carbocycles. The van der Waals surface area contributed by atoms with Gasteiger partial charge in [-0.25, -0.2) is 0 Å². The number of amides is 1. The summed E-state index contributed by atoms with van der Waals surface area (Å²) in [5.74, 6) is 2.47. The summed E-state index contributed by atoms with van der Waals surface area (Å²) in [6, 6.07) is 21.0. The molecule has 0 aliphatic carbocycles. The highest BCUT2D eigenvalue weighted by atomic mass is 16.5. The summed E-state index contributed by atoms with van der Waals surface area (Å²) >= 11 is 0. The fourth-order valence-corrected chi connectivity index (χ4v) is 3.41. The van der Waals surface area contributed by atoms with Crippen LogP contribution in [0, 0.1) is 12.8 Å². The molecule has 2 aromatic carbocycles. The van der Waals surface area contributed by atoms with Gasteiger partial charge in [-0.3, -0.25) is 4.79 Å². The van der Waals surface area contributed by atoms with Crippen LogP contribution in [0.2, 0.25) is 0 Å². The van der Waals surface area contributed by atoms with E-state index in [-0.39, 0.29) is 11.8 Å². The third kappa shape index (κ3) is 4.90. The van der Waals surface area contributed by atoms with Gasteiger partial charge in [0, 0.05) is 24.7 Å². The normalized spacial score (nSPS) is 14.4. The average molecular weight is 388 g/mol. The second kappa shape index (κ2) is 8.73. The Labute approximate surface area is 170 Å². The summed E-state index contributed by atoms with van der Waals surface area (Å²) in [5.41, 5.74) is 1.69. The average Bonchev–Trinajstić information content (AvgIpc) is 2.76. The number of aromatic nitrogens is 2. The Bertz CT molecular complexity index is 935. The van der Waals surface area contributed by atoms with Gasteiger partial charge in [0.15, 0.2) is 5.82 Å². The van der Waals surface area contributed by atoms with Crippen molar-refractivity contribution in [2.75, 3.05) is 23.3 Å². The summed E-state index contributed by atoms with van der Waals surface area (Å²) in [6.07, 6.45) is 1.60. The summed E-state index contributed by atoms with van der Waals surface area (Å²) in [6.45, 7) is 3.53. The lowest BCUT2D eigenvalue weighted by molar-refractivity contribution is -0.120. The van der Waals surface area contributed by atoms with Crippen LogP contribution >= 0.6 is 0 Å². The number of anilines is 2. The highest BCUT2D eigenvalue weighted by molar-refractivity contribution is 5.92. The smallest absolute Gasteiger partial charge is 0.227 e. The molecule has 1 N–H and O–H groups in total. The van der Waals surface area contributed by atoms with Crippen LogP contribution in [-0.4, -0.2) is 29.2 Å². The molecule has 1 aliphatic rings. The number of carbonyl (C=O) groups is 1. The third-order valence-corrected chi connectivity index (χ3v) is 5.07. The molecule has 0 radical (unpaired) electrons. The first-order valence-corrected chi connectivity index (χ1v) is 9.86. The van der Waals surface area contributed by atoms with E-state index in [0.717, 1.165) is 54.6 Å². The summed E-state index contributed by atoms with van der Waals surface area (Å²) in [7, 11) is 0. The van der Waals surface area contributed by atoms with Crippen LogP contribution in [0.5, 0.6) is 11.5 Å². The molecule has 1 amide bonds. The maximum absolute atomic E-state index is 12.6. The molecule has 2 heterocycles. The largest absolute Gasteiger partial charge is 0.457 e. The van der Waals surface area contributed by atoms with Crippen molar-refractivity contribution in [3.8, 4) is 11.5 Å². The van der Waals surface area contributed by atoms with E-state index in [0.29, 0.717) is 0 Å². The van der Waals surface area contributed by atoms with E-state index in [2.05, 4.69) is 20.4 Å². The zero-order valence-electron chi connectivity index (χ0n) is 16.4. The number of nitrogens with zero attached hydrogens (tertiary/aromatic N) is 3. The second-order valence-corrected chi connectivity index (χ2v) is 7.22. The van der Waals surface area contributed by atoms with Crippen molar-refractivity contribution in [1.29, 1.82) is 0 Å². The minimum absolute atomic E-state index is 0.00454. The highest BCUT2D eigenvalue weighted by Gasteiger charge is 2.25. The number of ether oxygens (including phenoxy) is 1. The lowest BCUT2D eigenvalue weighted by atomic mass is 9.96. The van der Waals surface area contributed by atoms with Crippen LogP contribution in [0.4, 0.5) is 11.5 Å². The van der Waals surface area contributed by atoms with Crippen LogP contribution < -0.4 is 15.0 Å². The van der Waals surface area contributed by atoms with Crippen molar-refractivity contribution >= 4 is 17.4 Å². The first-order valence-electron chi connectivity index (χ1n) is 9.86. The number of para-hydroxylation sites is 1. The number of hydrogen-bond acceptors (Lipinski definition) is 5. The molecule has 1 fully saturated rings. The molecule has 6 heteroatoms. The summed E-state index contributed by atoms with van der Waals surface area (Å²) < 4.78 is 5.79. The molecule has 1 aliphatic heterocycles. The van der Waals surface area contributed by atoms with Gasteiger partial charge in [-0.15, -0.1) is 5.10 Å². The van der Waals surface area contributed by atoms with Gasteiger partial charge in [-0.1, -0.05) is 18.2 Å². The fraction of sp³-hybridized carbons (Fsp3) is 0.261. The monoisotopic (exact) mass is 388 g/mol. The lowest BCUT2D eigenvalue weighted by Gasteiger charge is -2.31. The predicted octanol–water partition coefficient (Wildman–Crippen LogP) is 4.43. The predicted molar refractivity (Wildman–Crippen MR) is 113 cm³/mol. The molecule has 4 rings (SSSR count). The van der Waals surface area contributed by atoms with Crippen molar-refractivity contribution in [1.82, 2.24) is 10.2 Å². The maximum Gasteiger partial charge on any atom is 0.227 e. The number of aryl methyl sites for hydroxylation is 1. The number of nitrogens with one attached hydrogen (secondary N) is 1. The van der Waals surface area contributed by atoms with Gasteiger partial charge in [0.2, 0.25) is 5.91 Å². The number of piperidine rings is 1. The van der Waals surface area contributed by atoms with E-state index in [4.69, 9.17) is 4.74 Å². The van der Waals surface area contributed by atoms with E-state index >= 15 is 0 Å². The van der Waals surface area contributed by atoms with Crippen molar-refractivity contribution in [2.24, 2.45) is 5.92 Å². The highest BCUT2D eigenvalue weighted by Crippen LogP contribution is 2.25. The number of hydrogen-bond donors (Lipinski definition) is 1. The van der Waals surface area contributed by atoms with Gasteiger partial charge < -0.3 is 15.0 Å². The Morgan fingerprint density at radius 2 is 1.62 bits per heavy atom. The molecular weight excluding hydrogens is 364 g/mol. The fourth-order valence-electron chi connectivity index (χ4n) is 3.41. The molecule has 1 aromatic heterocycles. The van der Waals surface area contributed by atoms with Crippen molar-refractivity contribution in [3.63, 3.8) is 0 Å². The molecule has 3 aromatic rings. The van der Waals surface area contributed by atoms with E-state index in [9.17, 15) is 4.79 Å². The van der Waals surface area contributed by atoms with Crippen molar-refractivity contribution in [2.45, 2.75) is 19.8 Å². The van der Waals surface area contributed by atoms with E-state index in [1.165, 1.54) is 0 Å². The Hall–Kier alpha value is -3.41. The maximum atomic E-state index is 12.6.